The van der Waals surface area contributed by atoms with Gasteiger partial charge in [-0.25, -0.2) is 0 Å². The summed E-state index contributed by atoms with van der Waals surface area (Å²) in [5.74, 6) is -0.0528. The van der Waals surface area contributed by atoms with Crippen LogP contribution >= 0.6 is 0 Å². The second-order valence-electron chi connectivity index (χ2n) is 24.6. The van der Waals surface area contributed by atoms with Crippen LogP contribution in [0.25, 0.3) is 0 Å². The van der Waals surface area contributed by atoms with Gasteiger partial charge in [-0.3, -0.25) is 9.59 Å². The van der Waals surface area contributed by atoms with Gasteiger partial charge >= 0.3 is 5.97 Å². The minimum Gasteiger partial charge on any atom is -0.466 e. The van der Waals surface area contributed by atoms with Gasteiger partial charge in [0.1, 0.15) is 0 Å². The first-order chi connectivity index (χ1) is 38.5. The Morgan fingerprint density at radius 2 is 0.603 bits per heavy atom. The summed E-state index contributed by atoms with van der Waals surface area (Å²) in [6.45, 7) is 4.94. The molecule has 0 bridgehead atoms. The number of nitrogens with one attached hydrogen (secondary N) is 1. The lowest BCUT2D eigenvalue weighted by atomic mass is 10.0. The number of aliphatic hydroxyl groups is 2. The fourth-order valence-electron chi connectivity index (χ4n) is 11.3. The summed E-state index contributed by atoms with van der Waals surface area (Å²) in [6.07, 6.45) is 85.3. The fraction of sp³-hybridized carbons (Fsp3) is 0.917. The average Bonchev–Trinajstić information content (AvgIpc) is 3.44. The molecule has 2 atom stereocenters. The molecule has 0 aliphatic rings. The molecule has 6 nitrogen and oxygen atoms in total. The third-order valence-corrected chi connectivity index (χ3v) is 16.7. The first-order valence-electron chi connectivity index (χ1n) is 35.6. The molecule has 1 amide bonds. The van der Waals surface area contributed by atoms with Crippen molar-refractivity contribution < 1.29 is 24.5 Å². The van der Waals surface area contributed by atoms with E-state index in [4.69, 9.17) is 4.74 Å². The highest BCUT2D eigenvalue weighted by Gasteiger charge is 2.18. The van der Waals surface area contributed by atoms with E-state index in [1.807, 2.05) is 6.08 Å². The van der Waals surface area contributed by atoms with Gasteiger partial charge in [-0.15, -0.1) is 0 Å². The minimum absolute atomic E-state index is 0.0120. The summed E-state index contributed by atoms with van der Waals surface area (Å²) >= 11 is 0. The fourth-order valence-corrected chi connectivity index (χ4v) is 11.3. The maximum atomic E-state index is 12.5. The van der Waals surface area contributed by atoms with E-state index in [-0.39, 0.29) is 18.5 Å². The Bertz CT molecular complexity index is 1220. The van der Waals surface area contributed by atoms with Crippen LogP contribution in [0.15, 0.2) is 24.3 Å². The van der Waals surface area contributed by atoms with Crippen molar-refractivity contribution in [3.05, 3.63) is 24.3 Å². The molecule has 3 N–H and O–H groups in total. The van der Waals surface area contributed by atoms with Gasteiger partial charge in [0.25, 0.3) is 0 Å². The number of hydrogen-bond donors (Lipinski definition) is 3. The molecule has 462 valence electrons. The molecule has 0 aromatic carbocycles. The van der Waals surface area contributed by atoms with E-state index >= 15 is 0 Å². The SMILES string of the molecule is CCCCCCCC/C=C\CCCCCCCCCCCC(=O)OCCCCCCCCCCCCCCCCCCCCCCCC(=O)NC(CO)C(O)/C=C/CCCCCCCCCCCCCCCCCCCCC. The zero-order valence-corrected chi connectivity index (χ0v) is 52.9. The first-order valence-corrected chi connectivity index (χ1v) is 35.6. The number of hydrogen-bond acceptors (Lipinski definition) is 5. The van der Waals surface area contributed by atoms with E-state index in [9.17, 15) is 19.8 Å². The number of unbranched alkanes of at least 4 members (excludes halogenated alkanes) is 54. The molecule has 0 rings (SSSR count). The molecule has 2 unspecified atom stereocenters. The van der Waals surface area contributed by atoms with Crippen LogP contribution in [0.1, 0.15) is 399 Å². The molecular weight excluding hydrogens is 959 g/mol. The highest BCUT2D eigenvalue weighted by atomic mass is 16.5. The Labute approximate surface area is 488 Å². The zero-order valence-electron chi connectivity index (χ0n) is 52.9. The Hall–Kier alpha value is -1.66. The normalized spacial score (nSPS) is 12.6. The summed E-state index contributed by atoms with van der Waals surface area (Å²) in [5, 5.41) is 23.3. The highest BCUT2D eigenvalue weighted by Crippen LogP contribution is 2.19. The maximum absolute atomic E-state index is 12.5. The monoisotopic (exact) mass is 1100 g/mol. The number of amides is 1. The van der Waals surface area contributed by atoms with Crippen LogP contribution in [0, 0.1) is 0 Å². The van der Waals surface area contributed by atoms with Crippen molar-refractivity contribution >= 4 is 11.9 Å². The highest BCUT2D eigenvalue weighted by molar-refractivity contribution is 5.76. The standard InChI is InChI=1S/C72H139NO5/c1-3-5-7-9-11-13-15-17-19-21-23-25-29-32-36-40-44-48-52-56-60-64-70(75)69(68-74)73-71(76)65-61-57-53-49-45-41-37-33-30-26-24-27-31-35-39-43-47-51-55-59-63-67-78-72(77)66-62-58-54-50-46-42-38-34-28-22-20-18-16-14-12-10-8-6-4-2/h18,20,60,64,69-70,74-75H,3-17,19,21-59,61-63,65-68H2,1-2H3,(H,73,76)/b20-18-,64-60+. The van der Waals surface area contributed by atoms with Crippen molar-refractivity contribution in [2.45, 2.75) is 411 Å². The van der Waals surface area contributed by atoms with E-state index in [2.05, 4.69) is 31.3 Å². The molecule has 0 aromatic heterocycles. The van der Waals surface area contributed by atoms with Crippen LogP contribution in [0.3, 0.4) is 0 Å². The third-order valence-electron chi connectivity index (χ3n) is 16.7. The van der Waals surface area contributed by atoms with Gasteiger partial charge in [0.15, 0.2) is 0 Å². The van der Waals surface area contributed by atoms with Crippen molar-refractivity contribution in [3.63, 3.8) is 0 Å². The first kappa shape index (κ1) is 76.3. The number of carbonyl (C=O) groups is 2. The summed E-state index contributed by atoms with van der Waals surface area (Å²) < 4.78 is 5.51. The molecule has 0 saturated carbocycles. The van der Waals surface area contributed by atoms with Crippen molar-refractivity contribution in [2.75, 3.05) is 13.2 Å². The topological polar surface area (TPSA) is 95.9 Å². The molecule has 0 aliphatic carbocycles. The predicted molar refractivity (Wildman–Crippen MR) is 343 cm³/mol. The Kier molecular flexibility index (Phi) is 66.4. The van der Waals surface area contributed by atoms with E-state index in [0.29, 0.717) is 19.4 Å². The lowest BCUT2D eigenvalue weighted by Crippen LogP contribution is -2.45. The Balaban J connectivity index is 3.39. The molecule has 78 heavy (non-hydrogen) atoms. The van der Waals surface area contributed by atoms with Crippen LogP contribution in [0.2, 0.25) is 0 Å². The second-order valence-corrected chi connectivity index (χ2v) is 24.6. The molecule has 0 radical (unpaired) electrons. The lowest BCUT2D eigenvalue weighted by Gasteiger charge is -2.20. The molecule has 0 fully saturated rings. The minimum atomic E-state index is -0.846. The number of esters is 1. The van der Waals surface area contributed by atoms with Crippen molar-refractivity contribution in [2.24, 2.45) is 0 Å². The van der Waals surface area contributed by atoms with E-state index in [1.54, 1.807) is 6.08 Å². The summed E-state index contributed by atoms with van der Waals surface area (Å²) in [5.41, 5.74) is 0. The van der Waals surface area contributed by atoms with Crippen LogP contribution in [0.4, 0.5) is 0 Å². The van der Waals surface area contributed by atoms with Crippen LogP contribution in [-0.4, -0.2) is 47.4 Å². The summed E-state index contributed by atoms with van der Waals surface area (Å²) in [4.78, 5) is 24.6. The van der Waals surface area contributed by atoms with Crippen LogP contribution in [0.5, 0.6) is 0 Å². The van der Waals surface area contributed by atoms with Gasteiger partial charge in [0.2, 0.25) is 5.91 Å². The molecule has 0 spiro atoms. The van der Waals surface area contributed by atoms with Gasteiger partial charge in [0.05, 0.1) is 25.4 Å². The van der Waals surface area contributed by atoms with E-state index in [0.717, 1.165) is 44.9 Å². The van der Waals surface area contributed by atoms with Gasteiger partial charge < -0.3 is 20.3 Å². The second kappa shape index (κ2) is 67.8. The van der Waals surface area contributed by atoms with E-state index < -0.39 is 12.1 Å². The number of aliphatic hydroxyl groups excluding tert-OH is 2. The van der Waals surface area contributed by atoms with Gasteiger partial charge in [-0.05, 0) is 57.8 Å². The third kappa shape index (κ3) is 63.5. The summed E-state index contributed by atoms with van der Waals surface area (Å²) in [7, 11) is 0. The van der Waals surface area contributed by atoms with Gasteiger partial charge in [0, 0.05) is 12.8 Å². The molecule has 0 heterocycles. The number of carbonyl (C=O) groups excluding carboxylic acids is 2. The number of ether oxygens (including phenoxy) is 1. The van der Waals surface area contributed by atoms with Crippen molar-refractivity contribution in [1.82, 2.24) is 5.32 Å². The molecule has 6 heteroatoms. The Morgan fingerprint density at radius 1 is 0.346 bits per heavy atom. The predicted octanol–water partition coefficient (Wildman–Crippen LogP) is 22.9. The molecule has 0 aromatic rings. The van der Waals surface area contributed by atoms with Gasteiger partial charge in [-0.2, -0.15) is 0 Å². The average molecular weight is 1100 g/mol. The van der Waals surface area contributed by atoms with Gasteiger partial charge in [-0.1, -0.05) is 353 Å². The number of rotatable bonds is 67. The zero-order chi connectivity index (χ0) is 56.4. The maximum Gasteiger partial charge on any atom is 0.305 e. The van der Waals surface area contributed by atoms with Crippen LogP contribution in [-0.2, 0) is 14.3 Å². The molecular formula is C72H139NO5. The quantitative estimate of drug-likeness (QED) is 0.0320. The van der Waals surface area contributed by atoms with Crippen molar-refractivity contribution in [1.29, 1.82) is 0 Å². The molecule has 0 saturated heterocycles. The molecule has 0 aliphatic heterocycles. The van der Waals surface area contributed by atoms with Crippen LogP contribution < -0.4 is 5.32 Å². The smallest absolute Gasteiger partial charge is 0.305 e. The number of allylic oxidation sites excluding steroid dienone is 3. The largest absolute Gasteiger partial charge is 0.466 e. The van der Waals surface area contributed by atoms with Crippen molar-refractivity contribution in [3.8, 4) is 0 Å². The van der Waals surface area contributed by atoms with E-state index in [1.165, 1.54) is 327 Å². The Morgan fingerprint density at radius 3 is 0.910 bits per heavy atom. The summed E-state index contributed by atoms with van der Waals surface area (Å²) in [6, 6.07) is -0.630. The lowest BCUT2D eigenvalue weighted by molar-refractivity contribution is -0.143.